The standard InChI is InChI=1S/C17H11Cl2F2NO4/c1-8-4-9(13(20)6-11(8)18)16(23)2-3-17(24)10-5-15(22(25)26)12(19)7-14(10)21/h4-7H,2-3H2,1H3. The second-order valence-corrected chi connectivity index (χ2v) is 6.28. The van der Waals surface area contributed by atoms with Gasteiger partial charge in [-0.25, -0.2) is 8.78 Å². The fourth-order valence-electron chi connectivity index (χ4n) is 2.26. The molecule has 0 saturated heterocycles. The molecule has 2 rings (SSSR count). The van der Waals surface area contributed by atoms with Gasteiger partial charge in [0.1, 0.15) is 16.7 Å². The molecule has 0 bridgehead atoms. The number of nitro benzene ring substituents is 1. The van der Waals surface area contributed by atoms with Crippen molar-refractivity contribution in [3.8, 4) is 0 Å². The van der Waals surface area contributed by atoms with Gasteiger partial charge in [-0.15, -0.1) is 0 Å². The largest absolute Gasteiger partial charge is 0.294 e. The molecule has 0 radical (unpaired) electrons. The normalized spacial score (nSPS) is 10.7. The van der Waals surface area contributed by atoms with E-state index in [0.717, 1.165) is 12.1 Å². The minimum Gasteiger partial charge on any atom is -0.294 e. The SMILES string of the molecule is Cc1cc(C(=O)CCC(=O)c2cc([N+](=O)[O-])c(Cl)cc2F)c(F)cc1Cl. The number of aryl methyl sites for hydroxylation is 1. The van der Waals surface area contributed by atoms with E-state index >= 15 is 0 Å². The Morgan fingerprint density at radius 2 is 1.42 bits per heavy atom. The van der Waals surface area contributed by atoms with Gasteiger partial charge in [0.05, 0.1) is 16.1 Å². The Hall–Kier alpha value is -2.38. The van der Waals surface area contributed by atoms with Crippen LogP contribution in [0, 0.1) is 28.7 Å². The van der Waals surface area contributed by atoms with Crippen molar-refractivity contribution in [3.63, 3.8) is 0 Å². The third kappa shape index (κ3) is 4.23. The molecule has 0 atom stereocenters. The van der Waals surface area contributed by atoms with Crippen LogP contribution in [0.5, 0.6) is 0 Å². The Morgan fingerprint density at radius 3 is 1.92 bits per heavy atom. The van der Waals surface area contributed by atoms with Crippen molar-refractivity contribution >= 4 is 40.5 Å². The van der Waals surface area contributed by atoms with E-state index in [-0.39, 0.29) is 10.6 Å². The average molecular weight is 402 g/mol. The lowest BCUT2D eigenvalue weighted by atomic mass is 9.99. The highest BCUT2D eigenvalue weighted by Crippen LogP contribution is 2.28. The van der Waals surface area contributed by atoms with Crippen LogP contribution in [0.2, 0.25) is 10.0 Å². The zero-order chi connectivity index (χ0) is 19.6. The van der Waals surface area contributed by atoms with Crippen molar-refractivity contribution in [2.24, 2.45) is 0 Å². The smallest absolute Gasteiger partial charge is 0.288 e. The van der Waals surface area contributed by atoms with Gasteiger partial charge in [0, 0.05) is 30.0 Å². The number of rotatable bonds is 6. The van der Waals surface area contributed by atoms with Gasteiger partial charge in [-0.3, -0.25) is 19.7 Å². The van der Waals surface area contributed by atoms with Crippen LogP contribution >= 0.6 is 23.2 Å². The summed E-state index contributed by atoms with van der Waals surface area (Å²) >= 11 is 11.3. The highest BCUT2D eigenvalue weighted by Gasteiger charge is 2.22. The van der Waals surface area contributed by atoms with Crippen molar-refractivity contribution < 1.29 is 23.3 Å². The molecule has 0 unspecified atom stereocenters. The van der Waals surface area contributed by atoms with E-state index in [1.807, 2.05) is 0 Å². The lowest BCUT2D eigenvalue weighted by Crippen LogP contribution is -2.09. The summed E-state index contributed by atoms with van der Waals surface area (Å²) in [6.45, 7) is 1.59. The van der Waals surface area contributed by atoms with Gasteiger partial charge >= 0.3 is 0 Å². The van der Waals surface area contributed by atoms with E-state index in [4.69, 9.17) is 23.2 Å². The number of halogens is 4. The van der Waals surface area contributed by atoms with E-state index in [9.17, 15) is 28.5 Å². The number of hydrogen-bond acceptors (Lipinski definition) is 4. The van der Waals surface area contributed by atoms with Crippen LogP contribution < -0.4 is 0 Å². The van der Waals surface area contributed by atoms with E-state index in [1.165, 1.54) is 6.07 Å². The first kappa shape index (κ1) is 19.9. The Labute approximate surface area is 156 Å². The molecule has 0 heterocycles. The third-order valence-corrected chi connectivity index (χ3v) is 4.37. The van der Waals surface area contributed by atoms with E-state index in [2.05, 4.69) is 0 Å². The molecule has 0 aromatic heterocycles. The first-order valence-corrected chi connectivity index (χ1v) is 8.03. The van der Waals surface area contributed by atoms with Gasteiger partial charge in [-0.1, -0.05) is 23.2 Å². The lowest BCUT2D eigenvalue weighted by molar-refractivity contribution is -0.384. The van der Waals surface area contributed by atoms with Gasteiger partial charge in [0.15, 0.2) is 11.6 Å². The predicted octanol–water partition coefficient (Wildman–Crippen LogP) is 5.33. The van der Waals surface area contributed by atoms with Gasteiger partial charge in [-0.05, 0) is 24.6 Å². The summed E-state index contributed by atoms with van der Waals surface area (Å²) in [6, 6.07) is 3.64. The molecular formula is C17H11Cl2F2NO4. The summed E-state index contributed by atoms with van der Waals surface area (Å²) in [5.74, 6) is -3.36. The molecule has 9 heteroatoms. The first-order chi connectivity index (χ1) is 12.1. The first-order valence-electron chi connectivity index (χ1n) is 7.27. The second-order valence-electron chi connectivity index (χ2n) is 5.47. The number of benzene rings is 2. The Bertz CT molecular complexity index is 931. The molecule has 26 heavy (non-hydrogen) atoms. The molecule has 0 aliphatic carbocycles. The summed E-state index contributed by atoms with van der Waals surface area (Å²) in [4.78, 5) is 34.2. The molecule has 0 spiro atoms. The summed E-state index contributed by atoms with van der Waals surface area (Å²) in [5.41, 5.74) is -0.923. The van der Waals surface area contributed by atoms with Gasteiger partial charge in [0.25, 0.3) is 5.69 Å². The summed E-state index contributed by atoms with van der Waals surface area (Å²) < 4.78 is 27.7. The molecule has 0 N–H and O–H groups in total. The van der Waals surface area contributed by atoms with E-state index < -0.39 is 57.2 Å². The highest BCUT2D eigenvalue weighted by atomic mass is 35.5. The number of nitro groups is 1. The summed E-state index contributed by atoms with van der Waals surface area (Å²) in [5, 5.41) is 10.5. The highest BCUT2D eigenvalue weighted by molar-refractivity contribution is 6.32. The van der Waals surface area contributed by atoms with Crippen molar-refractivity contribution in [3.05, 3.63) is 72.7 Å². The molecule has 0 fully saturated rings. The van der Waals surface area contributed by atoms with Crippen LogP contribution in [0.3, 0.4) is 0 Å². The Kier molecular flexibility index (Phi) is 6.05. The lowest BCUT2D eigenvalue weighted by Gasteiger charge is -2.06. The molecule has 0 amide bonds. The summed E-state index contributed by atoms with van der Waals surface area (Å²) in [6.07, 6.45) is -0.845. The average Bonchev–Trinajstić information content (AvgIpc) is 2.55. The molecule has 0 saturated carbocycles. The molecule has 136 valence electrons. The van der Waals surface area contributed by atoms with Crippen LogP contribution in [0.25, 0.3) is 0 Å². The van der Waals surface area contributed by atoms with Gasteiger partial charge < -0.3 is 0 Å². The Morgan fingerprint density at radius 1 is 0.962 bits per heavy atom. The second kappa shape index (κ2) is 7.88. The molecule has 5 nitrogen and oxygen atoms in total. The molecule has 0 aliphatic rings. The van der Waals surface area contributed by atoms with Crippen molar-refractivity contribution in [1.82, 2.24) is 0 Å². The molecule has 2 aromatic rings. The summed E-state index contributed by atoms with van der Waals surface area (Å²) in [7, 11) is 0. The van der Waals surface area contributed by atoms with Gasteiger partial charge in [0.2, 0.25) is 0 Å². The topological polar surface area (TPSA) is 77.3 Å². The predicted molar refractivity (Wildman–Crippen MR) is 92.1 cm³/mol. The fraction of sp³-hybridized carbons (Fsp3) is 0.176. The minimum absolute atomic E-state index is 0.158. The quantitative estimate of drug-likeness (QED) is 0.372. The number of carbonyl (C=O) groups excluding carboxylic acids is 2. The maximum Gasteiger partial charge on any atom is 0.288 e. The zero-order valence-corrected chi connectivity index (χ0v) is 14.8. The number of nitrogens with zero attached hydrogens (tertiary/aromatic N) is 1. The molecule has 0 aliphatic heterocycles. The molecule has 2 aromatic carbocycles. The van der Waals surface area contributed by atoms with Crippen molar-refractivity contribution in [1.29, 1.82) is 0 Å². The Balaban J connectivity index is 2.19. The fourth-order valence-corrected chi connectivity index (χ4v) is 2.63. The van der Waals surface area contributed by atoms with Crippen LogP contribution in [0.15, 0.2) is 24.3 Å². The van der Waals surface area contributed by atoms with Crippen molar-refractivity contribution in [2.75, 3.05) is 0 Å². The van der Waals surface area contributed by atoms with Crippen LogP contribution in [-0.4, -0.2) is 16.5 Å². The maximum absolute atomic E-state index is 13.9. The van der Waals surface area contributed by atoms with E-state index in [0.29, 0.717) is 11.6 Å². The van der Waals surface area contributed by atoms with Gasteiger partial charge in [-0.2, -0.15) is 0 Å². The van der Waals surface area contributed by atoms with Crippen molar-refractivity contribution in [2.45, 2.75) is 19.8 Å². The minimum atomic E-state index is -1.04. The van der Waals surface area contributed by atoms with Crippen LogP contribution in [-0.2, 0) is 0 Å². The number of hydrogen-bond donors (Lipinski definition) is 0. The molecular weight excluding hydrogens is 391 g/mol. The third-order valence-electron chi connectivity index (χ3n) is 3.66. The van der Waals surface area contributed by atoms with E-state index in [1.54, 1.807) is 6.92 Å². The number of Topliss-reactive ketones (excluding diaryl/α,β-unsaturated/α-hetero) is 2. The zero-order valence-electron chi connectivity index (χ0n) is 13.3. The monoisotopic (exact) mass is 401 g/mol. The maximum atomic E-state index is 13.9. The number of ketones is 2. The number of carbonyl (C=O) groups is 2. The van der Waals surface area contributed by atoms with Crippen LogP contribution in [0.4, 0.5) is 14.5 Å². The van der Waals surface area contributed by atoms with Crippen LogP contribution in [0.1, 0.15) is 39.1 Å².